The number of nitrogens with one attached hydrogen (secondary N) is 2. The highest BCUT2D eigenvalue weighted by Gasteiger charge is 2.62. The van der Waals surface area contributed by atoms with Gasteiger partial charge in [0.2, 0.25) is 0 Å². The first-order valence-electron chi connectivity index (χ1n) is 14.4. The fourth-order valence-electron chi connectivity index (χ4n) is 8.30. The Bertz CT molecular complexity index is 1300. The monoisotopic (exact) mass is 576 g/mol. The second-order valence-corrected chi connectivity index (χ2v) is 14.3. The van der Waals surface area contributed by atoms with Crippen molar-refractivity contribution >= 4 is 9.84 Å². The van der Waals surface area contributed by atoms with E-state index in [-0.39, 0.29) is 54.0 Å². The van der Waals surface area contributed by atoms with E-state index in [1.54, 1.807) is 13.2 Å². The normalized spacial score (nSPS) is 34.4. The van der Waals surface area contributed by atoms with Crippen LogP contribution in [0.25, 0.3) is 0 Å². The van der Waals surface area contributed by atoms with Gasteiger partial charge in [-0.1, -0.05) is 23.4 Å². The van der Waals surface area contributed by atoms with Crippen LogP contribution in [0, 0.1) is 31.5 Å². The largest absolute Gasteiger partial charge is 0.381 e. The predicted molar refractivity (Wildman–Crippen MR) is 148 cm³/mol. The molecule has 0 radical (unpaired) electrons. The SMILES string of the molecule is COC1NCC(S(C)(=O)=O)C2C1C1NCC(c3c(C)noc3C)CC1N2[C@H](c1ccccc1F)C1CCOCC1. The van der Waals surface area contributed by atoms with E-state index in [1.807, 2.05) is 26.0 Å². The summed E-state index contributed by atoms with van der Waals surface area (Å²) in [6.45, 7) is 6.16. The highest BCUT2D eigenvalue weighted by Crippen LogP contribution is 2.51. The molecule has 0 aliphatic carbocycles. The van der Waals surface area contributed by atoms with Crippen molar-refractivity contribution in [1.82, 2.24) is 20.7 Å². The summed E-state index contributed by atoms with van der Waals surface area (Å²) >= 11 is 0. The van der Waals surface area contributed by atoms with Gasteiger partial charge in [-0.2, -0.15) is 0 Å². The van der Waals surface area contributed by atoms with Gasteiger partial charge in [-0.3, -0.25) is 10.2 Å². The number of methoxy groups -OCH3 is 1. The van der Waals surface area contributed by atoms with Crippen molar-refractivity contribution in [3.05, 3.63) is 52.7 Å². The molecule has 6 rings (SSSR count). The van der Waals surface area contributed by atoms with Gasteiger partial charge in [0.15, 0.2) is 9.84 Å². The van der Waals surface area contributed by atoms with Gasteiger partial charge in [0.1, 0.15) is 17.8 Å². The molecule has 0 bridgehead atoms. The number of rotatable bonds is 6. The Hall–Kier alpha value is -1.89. The molecule has 4 fully saturated rings. The molecule has 8 atom stereocenters. The number of halogens is 1. The molecule has 40 heavy (non-hydrogen) atoms. The molecular formula is C29H41FN4O5S. The van der Waals surface area contributed by atoms with Crippen LogP contribution in [0.2, 0.25) is 0 Å². The lowest BCUT2D eigenvalue weighted by Crippen LogP contribution is -2.63. The Morgan fingerprint density at radius 3 is 2.55 bits per heavy atom. The zero-order valence-corrected chi connectivity index (χ0v) is 24.5. The summed E-state index contributed by atoms with van der Waals surface area (Å²) in [5, 5.41) is 10.8. The van der Waals surface area contributed by atoms with Crippen LogP contribution in [0.3, 0.4) is 0 Å². The Balaban J connectivity index is 1.51. The van der Waals surface area contributed by atoms with Gasteiger partial charge in [-0.05, 0) is 45.1 Å². The van der Waals surface area contributed by atoms with Crippen molar-refractivity contribution in [2.75, 3.05) is 39.7 Å². The molecule has 0 saturated carbocycles. The molecule has 4 aliphatic rings. The van der Waals surface area contributed by atoms with Crippen LogP contribution in [0.4, 0.5) is 4.39 Å². The number of sulfone groups is 1. The van der Waals surface area contributed by atoms with Crippen LogP contribution >= 0.6 is 0 Å². The summed E-state index contributed by atoms with van der Waals surface area (Å²) in [5.41, 5.74) is 2.62. The standard InChI is InChI=1S/C29H41FN4O5S/c1-16-24(17(2)39-33-16)19-13-22-26(31-14-19)25-28(23(40(4,35)36)15-32-29(25)37-3)34(22)27(18-9-11-38-12-10-18)20-7-5-6-8-21(20)30/h5-8,18-19,22-23,25-29,31-32H,9-15H2,1-4H3/t19?,22?,23?,25?,26?,27-,28?,29?/m0/s1. The van der Waals surface area contributed by atoms with Crippen LogP contribution in [0.5, 0.6) is 0 Å². The number of fused-ring (bicyclic) bond motifs is 3. The Labute approximate surface area is 236 Å². The van der Waals surface area contributed by atoms with Crippen molar-refractivity contribution in [3.63, 3.8) is 0 Å². The maximum absolute atomic E-state index is 15.7. The first kappa shape index (κ1) is 28.2. The quantitative estimate of drug-likeness (QED) is 0.537. The minimum Gasteiger partial charge on any atom is -0.381 e. The van der Waals surface area contributed by atoms with Gasteiger partial charge in [0.25, 0.3) is 0 Å². The summed E-state index contributed by atoms with van der Waals surface area (Å²) in [6.07, 6.45) is 3.38. The number of piperidine rings is 2. The van der Waals surface area contributed by atoms with E-state index in [4.69, 9.17) is 14.0 Å². The van der Waals surface area contributed by atoms with E-state index in [9.17, 15) is 8.42 Å². The maximum atomic E-state index is 15.7. The molecule has 1 aromatic carbocycles. The first-order valence-corrected chi connectivity index (χ1v) is 16.4. The number of nitrogens with zero attached hydrogens (tertiary/aromatic N) is 2. The third-order valence-electron chi connectivity index (χ3n) is 9.89. The fraction of sp³-hybridized carbons (Fsp3) is 0.690. The number of ether oxygens (including phenoxy) is 2. The second kappa shape index (κ2) is 11.1. The zero-order valence-electron chi connectivity index (χ0n) is 23.7. The molecule has 2 N–H and O–H groups in total. The molecule has 4 aliphatic heterocycles. The summed E-state index contributed by atoms with van der Waals surface area (Å²) in [5.74, 6) is 0.684. The van der Waals surface area contributed by atoms with Crippen LogP contribution < -0.4 is 10.6 Å². The van der Waals surface area contributed by atoms with Gasteiger partial charge in [0, 0.05) is 86.8 Å². The van der Waals surface area contributed by atoms with E-state index >= 15 is 4.39 Å². The average Bonchev–Trinajstić information content (AvgIpc) is 3.45. The maximum Gasteiger partial charge on any atom is 0.153 e. The van der Waals surface area contributed by atoms with Gasteiger partial charge >= 0.3 is 0 Å². The summed E-state index contributed by atoms with van der Waals surface area (Å²) in [6, 6.07) is 6.29. The van der Waals surface area contributed by atoms with E-state index in [0.717, 1.165) is 42.8 Å². The van der Waals surface area contributed by atoms with Crippen molar-refractivity contribution in [3.8, 4) is 0 Å². The van der Waals surface area contributed by atoms with Crippen molar-refractivity contribution in [2.24, 2.45) is 11.8 Å². The predicted octanol–water partition coefficient (Wildman–Crippen LogP) is 2.70. The van der Waals surface area contributed by atoms with E-state index < -0.39 is 15.1 Å². The zero-order chi connectivity index (χ0) is 28.2. The Morgan fingerprint density at radius 2 is 1.90 bits per heavy atom. The lowest BCUT2D eigenvalue weighted by Gasteiger charge is -2.48. The summed E-state index contributed by atoms with van der Waals surface area (Å²) < 4.78 is 59.7. The lowest BCUT2D eigenvalue weighted by molar-refractivity contribution is -0.0348. The number of benzene rings is 1. The number of aryl methyl sites for hydroxylation is 2. The summed E-state index contributed by atoms with van der Waals surface area (Å²) in [7, 11) is -1.77. The van der Waals surface area contributed by atoms with Crippen LogP contribution in [0.15, 0.2) is 28.8 Å². The van der Waals surface area contributed by atoms with Crippen molar-refractivity contribution in [1.29, 1.82) is 0 Å². The molecule has 11 heteroatoms. The minimum atomic E-state index is -3.45. The third-order valence-corrected chi connectivity index (χ3v) is 11.4. The lowest BCUT2D eigenvalue weighted by atomic mass is 9.80. The Kier molecular flexibility index (Phi) is 7.82. The smallest absolute Gasteiger partial charge is 0.153 e. The van der Waals surface area contributed by atoms with Gasteiger partial charge in [0.05, 0.1) is 10.9 Å². The molecule has 220 valence electrons. The molecule has 0 spiro atoms. The Morgan fingerprint density at radius 1 is 1.15 bits per heavy atom. The van der Waals surface area contributed by atoms with E-state index in [1.165, 1.54) is 12.3 Å². The number of aromatic nitrogens is 1. The second-order valence-electron chi connectivity index (χ2n) is 12.0. The van der Waals surface area contributed by atoms with E-state index in [2.05, 4.69) is 20.7 Å². The van der Waals surface area contributed by atoms with Crippen LogP contribution in [0.1, 0.15) is 53.8 Å². The fourth-order valence-corrected chi connectivity index (χ4v) is 9.53. The molecule has 9 nitrogen and oxygen atoms in total. The molecule has 5 heterocycles. The molecule has 2 aromatic rings. The van der Waals surface area contributed by atoms with Crippen molar-refractivity contribution in [2.45, 2.75) is 74.7 Å². The molecular weight excluding hydrogens is 535 g/mol. The summed E-state index contributed by atoms with van der Waals surface area (Å²) in [4.78, 5) is 2.40. The van der Waals surface area contributed by atoms with Gasteiger partial charge < -0.3 is 19.3 Å². The minimum absolute atomic E-state index is 0.0298. The first-order chi connectivity index (χ1) is 19.2. The highest BCUT2D eigenvalue weighted by molar-refractivity contribution is 7.91. The number of hydrogen-bond donors (Lipinski definition) is 2. The topological polar surface area (TPSA) is 106 Å². The molecule has 4 saturated heterocycles. The molecule has 7 unspecified atom stereocenters. The third kappa shape index (κ3) is 4.82. The van der Waals surface area contributed by atoms with Gasteiger partial charge in [-0.15, -0.1) is 0 Å². The highest BCUT2D eigenvalue weighted by atomic mass is 32.2. The molecule has 0 amide bonds. The van der Waals surface area contributed by atoms with Crippen molar-refractivity contribution < 1.29 is 26.8 Å². The van der Waals surface area contributed by atoms with Gasteiger partial charge in [-0.25, -0.2) is 12.8 Å². The average molecular weight is 577 g/mol. The number of hydrogen-bond acceptors (Lipinski definition) is 9. The van der Waals surface area contributed by atoms with Crippen LogP contribution in [-0.4, -0.2) is 87.7 Å². The molecule has 1 aromatic heterocycles. The number of likely N-dealkylation sites (tertiary alicyclic amines) is 1. The van der Waals surface area contributed by atoms with Crippen LogP contribution in [-0.2, 0) is 19.3 Å². The van der Waals surface area contributed by atoms with E-state index in [0.29, 0.717) is 25.3 Å².